The maximum absolute atomic E-state index is 12.3. The molecule has 7 heteroatoms. The van der Waals surface area contributed by atoms with Gasteiger partial charge in [0, 0.05) is 53.4 Å². The molecule has 3 heterocycles. The van der Waals surface area contributed by atoms with E-state index < -0.39 is 0 Å². The molecule has 3 aromatic heterocycles. The Balaban J connectivity index is 1.42. The van der Waals surface area contributed by atoms with Gasteiger partial charge in [0.1, 0.15) is 11.3 Å². The van der Waals surface area contributed by atoms with Crippen LogP contribution in [0.15, 0.2) is 55.0 Å². The topological polar surface area (TPSA) is 87.6 Å². The van der Waals surface area contributed by atoms with Gasteiger partial charge in [-0.3, -0.25) is 4.68 Å². The summed E-state index contributed by atoms with van der Waals surface area (Å²) in [7, 11) is 0. The van der Waals surface area contributed by atoms with Crippen molar-refractivity contribution in [3.8, 4) is 22.4 Å². The number of aryl methyl sites for hydroxylation is 1. The smallest absolute Gasteiger partial charge is 0.319 e. The normalized spacial score (nSPS) is 14.2. The van der Waals surface area contributed by atoms with Crippen LogP contribution in [0.25, 0.3) is 33.4 Å². The zero-order valence-electron chi connectivity index (χ0n) is 17.6. The zero-order chi connectivity index (χ0) is 21.2. The molecule has 1 aromatic carbocycles. The van der Waals surface area contributed by atoms with Crippen molar-refractivity contribution < 1.29 is 4.79 Å². The largest absolute Gasteiger partial charge is 0.346 e. The Bertz CT molecular complexity index is 1200. The molecule has 0 atom stereocenters. The van der Waals surface area contributed by atoms with Crippen molar-refractivity contribution in [3.05, 3.63) is 55.0 Å². The number of amides is 2. The molecule has 0 spiro atoms. The van der Waals surface area contributed by atoms with Gasteiger partial charge in [-0.2, -0.15) is 5.10 Å². The summed E-state index contributed by atoms with van der Waals surface area (Å²) in [6, 6.07) is 12.1. The Kier molecular flexibility index (Phi) is 5.16. The van der Waals surface area contributed by atoms with E-state index in [9.17, 15) is 4.79 Å². The van der Waals surface area contributed by atoms with Crippen LogP contribution in [0.3, 0.4) is 0 Å². The molecule has 158 valence electrons. The van der Waals surface area contributed by atoms with Gasteiger partial charge in [-0.25, -0.2) is 9.78 Å². The highest BCUT2D eigenvalue weighted by Crippen LogP contribution is 2.35. The van der Waals surface area contributed by atoms with Gasteiger partial charge in [0.2, 0.25) is 0 Å². The Morgan fingerprint density at radius 2 is 1.94 bits per heavy atom. The first kappa shape index (κ1) is 19.4. The number of pyridine rings is 1. The lowest BCUT2D eigenvalue weighted by Crippen LogP contribution is -2.36. The Labute approximate surface area is 180 Å². The predicted molar refractivity (Wildman–Crippen MR) is 123 cm³/mol. The highest BCUT2D eigenvalue weighted by Gasteiger charge is 2.18. The maximum Gasteiger partial charge on any atom is 0.319 e. The summed E-state index contributed by atoms with van der Waals surface area (Å²) in [4.78, 5) is 19.8. The lowest BCUT2D eigenvalue weighted by molar-refractivity contribution is 0.248. The zero-order valence-corrected chi connectivity index (χ0v) is 17.6. The number of aromatic nitrogens is 4. The van der Waals surface area contributed by atoms with Gasteiger partial charge in [-0.15, -0.1) is 0 Å². The molecule has 4 aromatic rings. The van der Waals surface area contributed by atoms with Gasteiger partial charge >= 0.3 is 6.03 Å². The lowest BCUT2D eigenvalue weighted by atomic mass is 10.0. The van der Waals surface area contributed by atoms with E-state index in [0.29, 0.717) is 6.04 Å². The summed E-state index contributed by atoms with van der Waals surface area (Å²) in [6.07, 6.45) is 10.3. The second kappa shape index (κ2) is 8.26. The van der Waals surface area contributed by atoms with E-state index >= 15 is 0 Å². The molecule has 0 radical (unpaired) electrons. The third kappa shape index (κ3) is 3.91. The monoisotopic (exact) mass is 414 g/mol. The van der Waals surface area contributed by atoms with Crippen LogP contribution < -0.4 is 10.6 Å². The minimum absolute atomic E-state index is 0.137. The van der Waals surface area contributed by atoms with Crippen LogP contribution in [-0.4, -0.2) is 31.8 Å². The number of hydrogen-bond acceptors (Lipinski definition) is 3. The SMILES string of the molecule is CCn1cc(-c2ccnc3[nH]ccc23)c(-c2ccc(NC(=O)NC3CCCC3)cc2)n1. The predicted octanol–water partition coefficient (Wildman–Crippen LogP) is 5.18. The number of H-pyrrole nitrogens is 1. The molecule has 0 unspecified atom stereocenters. The summed E-state index contributed by atoms with van der Waals surface area (Å²) >= 11 is 0. The third-order valence-electron chi connectivity index (χ3n) is 5.94. The molecule has 31 heavy (non-hydrogen) atoms. The van der Waals surface area contributed by atoms with Crippen LogP contribution >= 0.6 is 0 Å². The highest BCUT2D eigenvalue weighted by molar-refractivity contribution is 5.97. The number of rotatable bonds is 5. The van der Waals surface area contributed by atoms with Gasteiger partial charge in [-0.05, 0) is 49.6 Å². The van der Waals surface area contributed by atoms with Crippen molar-refractivity contribution in [1.29, 1.82) is 0 Å². The fourth-order valence-electron chi connectivity index (χ4n) is 4.32. The number of urea groups is 1. The second-order valence-electron chi connectivity index (χ2n) is 8.00. The maximum atomic E-state index is 12.3. The second-order valence-corrected chi connectivity index (χ2v) is 8.00. The molecular weight excluding hydrogens is 388 g/mol. The van der Waals surface area contributed by atoms with Gasteiger partial charge < -0.3 is 15.6 Å². The molecule has 5 rings (SSSR count). The van der Waals surface area contributed by atoms with Crippen LogP contribution in [0.1, 0.15) is 32.6 Å². The Morgan fingerprint density at radius 1 is 1.13 bits per heavy atom. The van der Waals surface area contributed by atoms with E-state index in [2.05, 4.69) is 33.7 Å². The van der Waals surface area contributed by atoms with Gasteiger partial charge in [-0.1, -0.05) is 25.0 Å². The van der Waals surface area contributed by atoms with E-state index in [0.717, 1.165) is 58.5 Å². The number of nitrogens with one attached hydrogen (secondary N) is 3. The number of aromatic amines is 1. The summed E-state index contributed by atoms with van der Waals surface area (Å²) in [5, 5.41) is 11.9. The Hall–Kier alpha value is -3.61. The van der Waals surface area contributed by atoms with E-state index in [-0.39, 0.29) is 6.03 Å². The van der Waals surface area contributed by atoms with Crippen molar-refractivity contribution in [2.45, 2.75) is 45.2 Å². The number of nitrogens with zero attached hydrogens (tertiary/aromatic N) is 3. The van der Waals surface area contributed by atoms with Crippen molar-refractivity contribution >= 4 is 22.8 Å². The summed E-state index contributed by atoms with van der Waals surface area (Å²) in [5.74, 6) is 0. The molecular formula is C24H26N6O. The number of carbonyl (C=O) groups excluding carboxylic acids is 1. The first-order valence-corrected chi connectivity index (χ1v) is 10.9. The van der Waals surface area contributed by atoms with Crippen LogP contribution in [0, 0.1) is 0 Å². The van der Waals surface area contributed by atoms with E-state index in [1.54, 1.807) is 0 Å². The van der Waals surface area contributed by atoms with Gasteiger partial charge in [0.05, 0.1) is 0 Å². The average molecular weight is 415 g/mol. The molecule has 0 saturated heterocycles. The Morgan fingerprint density at radius 3 is 2.71 bits per heavy atom. The number of carbonyl (C=O) groups is 1. The fourth-order valence-corrected chi connectivity index (χ4v) is 4.32. The van der Waals surface area contributed by atoms with E-state index in [1.165, 1.54) is 12.8 Å². The quantitative estimate of drug-likeness (QED) is 0.421. The van der Waals surface area contributed by atoms with Crippen molar-refractivity contribution in [3.63, 3.8) is 0 Å². The van der Waals surface area contributed by atoms with Crippen molar-refractivity contribution in [1.82, 2.24) is 25.1 Å². The molecule has 7 nitrogen and oxygen atoms in total. The molecule has 3 N–H and O–H groups in total. The first-order chi connectivity index (χ1) is 15.2. The van der Waals surface area contributed by atoms with E-state index in [1.807, 2.05) is 53.5 Å². The number of hydrogen-bond donors (Lipinski definition) is 3. The summed E-state index contributed by atoms with van der Waals surface area (Å²) < 4.78 is 1.95. The van der Waals surface area contributed by atoms with Crippen LogP contribution in [0.4, 0.5) is 10.5 Å². The molecule has 2 amide bonds. The van der Waals surface area contributed by atoms with Crippen LogP contribution in [-0.2, 0) is 6.54 Å². The minimum Gasteiger partial charge on any atom is -0.346 e. The number of fused-ring (bicyclic) bond motifs is 1. The number of benzene rings is 1. The summed E-state index contributed by atoms with van der Waals surface area (Å²) in [5.41, 5.74) is 5.71. The standard InChI is InChI=1S/C24H26N6O/c1-2-30-15-21(19-11-13-25-23-20(19)12-14-26-23)22(29-30)16-7-9-18(10-8-16)28-24(31)27-17-5-3-4-6-17/h7-15,17H,2-6H2,1H3,(H,25,26)(H2,27,28,31). The van der Waals surface area contributed by atoms with Gasteiger partial charge in [0.25, 0.3) is 0 Å². The number of anilines is 1. The minimum atomic E-state index is -0.137. The fraction of sp³-hybridized carbons (Fsp3) is 0.292. The molecule has 1 aliphatic carbocycles. The molecule has 1 fully saturated rings. The molecule has 1 aliphatic rings. The third-order valence-corrected chi connectivity index (χ3v) is 5.94. The lowest BCUT2D eigenvalue weighted by Gasteiger charge is -2.13. The molecule has 0 aliphatic heterocycles. The molecule has 1 saturated carbocycles. The van der Waals surface area contributed by atoms with Crippen molar-refractivity contribution in [2.75, 3.05) is 5.32 Å². The van der Waals surface area contributed by atoms with Gasteiger partial charge in [0.15, 0.2) is 0 Å². The average Bonchev–Trinajstić information content (AvgIpc) is 3.54. The van der Waals surface area contributed by atoms with Crippen molar-refractivity contribution in [2.24, 2.45) is 0 Å². The van der Waals surface area contributed by atoms with Crippen LogP contribution in [0.2, 0.25) is 0 Å². The van der Waals surface area contributed by atoms with E-state index in [4.69, 9.17) is 5.10 Å². The highest BCUT2D eigenvalue weighted by atomic mass is 16.2. The summed E-state index contributed by atoms with van der Waals surface area (Å²) in [6.45, 7) is 2.87. The first-order valence-electron chi connectivity index (χ1n) is 10.9. The molecule has 0 bridgehead atoms. The van der Waals surface area contributed by atoms with Crippen LogP contribution in [0.5, 0.6) is 0 Å².